The van der Waals surface area contributed by atoms with Crippen LogP contribution in [0, 0.1) is 0 Å². The van der Waals surface area contributed by atoms with E-state index in [1.165, 1.54) is 48.8 Å². The van der Waals surface area contributed by atoms with Gasteiger partial charge in [-0.15, -0.1) is 21.5 Å². The van der Waals surface area contributed by atoms with Crippen molar-refractivity contribution in [1.29, 1.82) is 0 Å². The molecule has 6 rings (SSSR count). The van der Waals surface area contributed by atoms with Crippen LogP contribution in [0.4, 0.5) is 5.13 Å². The Bertz CT molecular complexity index is 1520. The third-order valence-electron chi connectivity index (χ3n) is 7.86. The smallest absolute Gasteiger partial charge is 0.204 e. The van der Waals surface area contributed by atoms with E-state index in [-0.39, 0.29) is 6.04 Å². The largest absolute Gasteiger partial charge is 0.489 e. The van der Waals surface area contributed by atoms with E-state index in [0.717, 1.165) is 40.2 Å². The number of nitrogens with one attached hydrogen (secondary N) is 1. The number of hydrogen-bond donors (Lipinski definition) is 1. The zero-order valence-corrected chi connectivity index (χ0v) is 24.5. The molecule has 0 bridgehead atoms. The Hall–Kier alpha value is -4.04. The minimum Gasteiger partial charge on any atom is -0.489 e. The molecule has 2 aromatic heterocycles. The summed E-state index contributed by atoms with van der Waals surface area (Å²) in [6.07, 6.45) is 6.77. The van der Waals surface area contributed by atoms with Crippen molar-refractivity contribution in [3.8, 4) is 28.4 Å². The monoisotopic (exact) mass is 564 g/mol. The molecule has 1 fully saturated rings. The van der Waals surface area contributed by atoms with Gasteiger partial charge in [0.2, 0.25) is 5.82 Å². The van der Waals surface area contributed by atoms with Crippen LogP contribution < -0.4 is 9.64 Å². The number of hydrogen-bond acceptors (Lipinski definition) is 7. The van der Waals surface area contributed by atoms with Crippen molar-refractivity contribution in [2.45, 2.75) is 71.1 Å². The van der Waals surface area contributed by atoms with Gasteiger partial charge >= 0.3 is 0 Å². The molecule has 3 aromatic carbocycles. The van der Waals surface area contributed by atoms with Crippen molar-refractivity contribution in [3.05, 3.63) is 94.9 Å². The number of thiazole rings is 1. The fourth-order valence-electron chi connectivity index (χ4n) is 5.50. The predicted molar refractivity (Wildman–Crippen MR) is 165 cm³/mol. The van der Waals surface area contributed by atoms with Crippen molar-refractivity contribution in [1.82, 2.24) is 25.6 Å². The van der Waals surface area contributed by atoms with Gasteiger partial charge in [0.1, 0.15) is 12.4 Å². The van der Waals surface area contributed by atoms with E-state index in [9.17, 15) is 0 Å². The van der Waals surface area contributed by atoms with E-state index in [2.05, 4.69) is 93.3 Å². The lowest BCUT2D eigenvalue weighted by molar-refractivity contribution is 0.306. The number of aromatic nitrogens is 5. The highest BCUT2D eigenvalue weighted by molar-refractivity contribution is 7.14. The first kappa shape index (κ1) is 27.1. The number of ether oxygens (including phenoxy) is 1. The van der Waals surface area contributed by atoms with E-state index < -0.39 is 0 Å². The molecule has 0 saturated heterocycles. The third kappa shape index (κ3) is 6.65. The molecular weight excluding hydrogens is 528 g/mol. The van der Waals surface area contributed by atoms with E-state index >= 15 is 0 Å². The van der Waals surface area contributed by atoms with Gasteiger partial charge in [0.05, 0.1) is 5.69 Å². The Balaban J connectivity index is 1.08. The lowest BCUT2D eigenvalue weighted by Crippen LogP contribution is -2.30. The summed E-state index contributed by atoms with van der Waals surface area (Å²) in [6, 6.07) is 25.8. The fourth-order valence-corrected chi connectivity index (χ4v) is 6.47. The summed E-state index contributed by atoms with van der Waals surface area (Å²) in [4.78, 5) is 7.32. The number of rotatable bonds is 10. The molecule has 0 aliphatic heterocycles. The van der Waals surface area contributed by atoms with Crippen LogP contribution in [0.25, 0.3) is 22.6 Å². The molecule has 7 nitrogen and oxygen atoms in total. The van der Waals surface area contributed by atoms with E-state index in [0.29, 0.717) is 12.4 Å². The normalized spacial score (nSPS) is 13.9. The van der Waals surface area contributed by atoms with Gasteiger partial charge in [0.15, 0.2) is 5.13 Å². The summed E-state index contributed by atoms with van der Waals surface area (Å²) >= 11 is 1.67. The minimum absolute atomic E-state index is 0.287. The molecule has 8 heteroatoms. The van der Waals surface area contributed by atoms with Crippen LogP contribution >= 0.6 is 11.3 Å². The maximum atomic E-state index is 6.11. The summed E-state index contributed by atoms with van der Waals surface area (Å²) in [5, 5.41) is 17.5. The van der Waals surface area contributed by atoms with Crippen LogP contribution in [0.1, 0.15) is 68.6 Å². The molecule has 1 aliphatic carbocycles. The van der Waals surface area contributed by atoms with Gasteiger partial charge in [-0.2, -0.15) is 5.21 Å². The van der Waals surface area contributed by atoms with Crippen molar-refractivity contribution < 1.29 is 4.74 Å². The Morgan fingerprint density at radius 3 is 2.46 bits per heavy atom. The standard InChI is InChI=1S/C33H36N6OS/c1-23(2)39(20-25-7-6-10-29(19-25)32-35-37-38-36-32)33-34-31(22-41-33)28-15-17-30(18-16-28)40-21-24-11-13-27(14-12-24)26-8-4-3-5-9-26/h6-7,10-19,22-23,26H,3-5,8-9,20-21H2,1-2H3,(H,35,36,37,38). The highest BCUT2D eigenvalue weighted by atomic mass is 32.1. The van der Waals surface area contributed by atoms with Crippen molar-refractivity contribution in [2.24, 2.45) is 0 Å². The fraction of sp³-hybridized carbons (Fsp3) is 0.333. The molecule has 1 aliphatic rings. The molecule has 0 radical (unpaired) electrons. The van der Waals surface area contributed by atoms with Gasteiger partial charge in [-0.05, 0) is 84.8 Å². The lowest BCUT2D eigenvalue weighted by atomic mass is 9.84. The summed E-state index contributed by atoms with van der Waals surface area (Å²) in [5.41, 5.74) is 6.85. The summed E-state index contributed by atoms with van der Waals surface area (Å²) in [6.45, 7) is 5.70. The molecule has 1 saturated carbocycles. The highest BCUT2D eigenvalue weighted by Gasteiger charge is 2.17. The SMILES string of the molecule is CC(C)N(Cc1cccc(-c2nn[nH]n2)c1)c1nc(-c2ccc(OCc3ccc(C4CCCCC4)cc3)cc2)cs1. The molecule has 0 amide bonds. The molecule has 0 atom stereocenters. The molecular formula is C33H36N6OS. The summed E-state index contributed by atoms with van der Waals surface area (Å²) < 4.78 is 6.11. The highest BCUT2D eigenvalue weighted by Crippen LogP contribution is 2.33. The average molecular weight is 565 g/mol. The van der Waals surface area contributed by atoms with Gasteiger partial charge in [0, 0.05) is 29.1 Å². The van der Waals surface area contributed by atoms with Crippen LogP contribution in [0.2, 0.25) is 0 Å². The topological polar surface area (TPSA) is 79.8 Å². The molecule has 2 heterocycles. The minimum atomic E-state index is 0.287. The maximum Gasteiger partial charge on any atom is 0.204 e. The molecule has 41 heavy (non-hydrogen) atoms. The summed E-state index contributed by atoms with van der Waals surface area (Å²) in [5.74, 6) is 2.20. The van der Waals surface area contributed by atoms with Gasteiger partial charge in [-0.1, -0.05) is 61.7 Å². The second kappa shape index (κ2) is 12.6. The zero-order chi connectivity index (χ0) is 28.0. The zero-order valence-electron chi connectivity index (χ0n) is 23.7. The van der Waals surface area contributed by atoms with Crippen LogP contribution in [-0.2, 0) is 13.2 Å². The number of anilines is 1. The Kier molecular flexibility index (Phi) is 8.37. The van der Waals surface area contributed by atoms with Crippen LogP contribution in [0.15, 0.2) is 78.2 Å². The molecule has 1 N–H and O–H groups in total. The van der Waals surface area contributed by atoms with Gasteiger partial charge in [-0.25, -0.2) is 4.98 Å². The van der Waals surface area contributed by atoms with E-state index in [1.807, 2.05) is 24.3 Å². The second-order valence-electron chi connectivity index (χ2n) is 11.1. The number of H-pyrrole nitrogens is 1. The van der Waals surface area contributed by atoms with Gasteiger partial charge in [-0.3, -0.25) is 0 Å². The quantitative estimate of drug-likeness (QED) is 0.185. The van der Waals surface area contributed by atoms with Gasteiger partial charge in [0.25, 0.3) is 0 Å². The Morgan fingerprint density at radius 2 is 1.73 bits per heavy atom. The van der Waals surface area contributed by atoms with Crippen molar-refractivity contribution in [2.75, 3.05) is 4.90 Å². The van der Waals surface area contributed by atoms with Gasteiger partial charge < -0.3 is 9.64 Å². The third-order valence-corrected chi connectivity index (χ3v) is 8.73. The first-order valence-electron chi connectivity index (χ1n) is 14.5. The van der Waals surface area contributed by atoms with Crippen molar-refractivity contribution in [3.63, 3.8) is 0 Å². The number of benzene rings is 3. The van der Waals surface area contributed by atoms with E-state index in [4.69, 9.17) is 9.72 Å². The molecule has 210 valence electrons. The number of nitrogens with zero attached hydrogens (tertiary/aromatic N) is 5. The molecule has 0 unspecified atom stereocenters. The van der Waals surface area contributed by atoms with E-state index in [1.54, 1.807) is 11.3 Å². The molecule has 0 spiro atoms. The van der Waals surface area contributed by atoms with Crippen LogP contribution in [0.5, 0.6) is 5.75 Å². The van der Waals surface area contributed by atoms with Crippen molar-refractivity contribution >= 4 is 16.5 Å². The number of aromatic amines is 1. The maximum absolute atomic E-state index is 6.11. The Morgan fingerprint density at radius 1 is 0.927 bits per heavy atom. The molecule has 5 aromatic rings. The summed E-state index contributed by atoms with van der Waals surface area (Å²) in [7, 11) is 0. The Labute approximate surface area is 245 Å². The number of tetrazole rings is 1. The van der Waals surface area contributed by atoms with Crippen LogP contribution in [-0.4, -0.2) is 31.6 Å². The first-order chi connectivity index (χ1) is 20.1. The lowest BCUT2D eigenvalue weighted by Gasteiger charge is -2.26. The average Bonchev–Trinajstić information content (AvgIpc) is 3.73. The first-order valence-corrected chi connectivity index (χ1v) is 15.4. The predicted octanol–water partition coefficient (Wildman–Crippen LogP) is 8.03. The second-order valence-corrected chi connectivity index (χ2v) is 11.9. The van der Waals surface area contributed by atoms with Crippen LogP contribution in [0.3, 0.4) is 0 Å².